The number of hydrogen-bond donors (Lipinski definition) is 0. The summed E-state index contributed by atoms with van der Waals surface area (Å²) in [5, 5.41) is 11.2. The third-order valence-electron chi connectivity index (χ3n) is 3.07. The summed E-state index contributed by atoms with van der Waals surface area (Å²) in [4.78, 5) is 34.3. The first-order valence-electron chi connectivity index (χ1n) is 6.63. The van der Waals surface area contributed by atoms with Gasteiger partial charge < -0.3 is 4.74 Å². The predicted molar refractivity (Wildman–Crippen MR) is 83.8 cm³/mol. The number of esters is 1. The van der Waals surface area contributed by atoms with Gasteiger partial charge in [-0.15, -0.1) is 0 Å². The number of halogens is 1. The van der Waals surface area contributed by atoms with E-state index in [0.29, 0.717) is 10.6 Å². The predicted octanol–water partition coefficient (Wildman–Crippen LogP) is 3.68. The van der Waals surface area contributed by atoms with E-state index < -0.39 is 17.0 Å². The maximum atomic E-state index is 12.2. The Kier molecular flexibility index (Phi) is 5.08. The number of nitro benzene ring substituents is 1. The molecule has 0 N–H and O–H groups in total. The molecule has 0 aliphatic heterocycles. The third-order valence-corrected chi connectivity index (χ3v) is 3.33. The fourth-order valence-corrected chi connectivity index (χ4v) is 2.00. The van der Waals surface area contributed by atoms with Crippen LogP contribution in [0.1, 0.15) is 27.6 Å². The van der Waals surface area contributed by atoms with Gasteiger partial charge in [-0.05, 0) is 37.3 Å². The quantitative estimate of drug-likeness (QED) is 0.360. The van der Waals surface area contributed by atoms with Crippen molar-refractivity contribution in [2.24, 2.45) is 0 Å². The first-order valence-corrected chi connectivity index (χ1v) is 7.01. The van der Waals surface area contributed by atoms with E-state index in [2.05, 4.69) is 0 Å². The van der Waals surface area contributed by atoms with Gasteiger partial charge in [0.1, 0.15) is 0 Å². The fraction of sp³-hybridized carbons (Fsp3) is 0.125. The number of ketones is 1. The van der Waals surface area contributed by atoms with Gasteiger partial charge in [-0.3, -0.25) is 14.9 Å². The normalized spacial score (nSPS) is 11.6. The molecule has 23 heavy (non-hydrogen) atoms. The highest BCUT2D eigenvalue weighted by Crippen LogP contribution is 2.16. The average molecular weight is 334 g/mol. The van der Waals surface area contributed by atoms with Crippen molar-refractivity contribution in [3.05, 3.63) is 74.8 Å². The molecule has 0 aliphatic rings. The summed E-state index contributed by atoms with van der Waals surface area (Å²) in [5.41, 5.74) is 0.139. The van der Waals surface area contributed by atoms with Gasteiger partial charge in [0.25, 0.3) is 5.69 Å². The molecule has 0 amide bonds. The molecule has 0 saturated carbocycles. The zero-order valence-corrected chi connectivity index (χ0v) is 12.8. The number of nitro groups is 1. The third kappa shape index (κ3) is 4.14. The van der Waals surface area contributed by atoms with E-state index in [-0.39, 0.29) is 17.0 Å². The summed E-state index contributed by atoms with van der Waals surface area (Å²) in [7, 11) is 0. The number of benzene rings is 2. The lowest BCUT2D eigenvalue weighted by Gasteiger charge is -2.12. The number of hydrogen-bond acceptors (Lipinski definition) is 5. The zero-order valence-electron chi connectivity index (χ0n) is 12.1. The lowest BCUT2D eigenvalue weighted by atomic mass is 10.1. The van der Waals surface area contributed by atoms with Gasteiger partial charge in [-0.1, -0.05) is 17.7 Å². The van der Waals surface area contributed by atoms with Crippen LogP contribution >= 0.6 is 11.6 Å². The lowest BCUT2D eigenvalue weighted by Crippen LogP contribution is -2.24. The Morgan fingerprint density at radius 3 is 2.39 bits per heavy atom. The van der Waals surface area contributed by atoms with E-state index in [1.165, 1.54) is 37.3 Å². The van der Waals surface area contributed by atoms with Crippen LogP contribution in [0.3, 0.4) is 0 Å². The largest absolute Gasteiger partial charge is 0.451 e. The average Bonchev–Trinajstić information content (AvgIpc) is 2.54. The van der Waals surface area contributed by atoms with Gasteiger partial charge in [0, 0.05) is 22.7 Å². The molecule has 0 aromatic heterocycles. The number of carbonyl (C=O) groups is 2. The van der Waals surface area contributed by atoms with Crippen LogP contribution in [0.2, 0.25) is 5.02 Å². The molecule has 0 heterocycles. The number of non-ortho nitro benzene ring substituents is 1. The smallest absolute Gasteiger partial charge is 0.339 e. The summed E-state index contributed by atoms with van der Waals surface area (Å²) in [5.74, 6) is -1.19. The van der Waals surface area contributed by atoms with Gasteiger partial charge in [0.05, 0.1) is 10.5 Å². The molecule has 0 fully saturated rings. The minimum absolute atomic E-state index is 0.00922. The van der Waals surface area contributed by atoms with E-state index in [0.717, 1.165) is 6.07 Å². The van der Waals surface area contributed by atoms with Gasteiger partial charge in [-0.25, -0.2) is 4.79 Å². The van der Waals surface area contributed by atoms with E-state index in [4.69, 9.17) is 16.3 Å². The number of ether oxygens (including phenoxy) is 1. The molecule has 118 valence electrons. The molecule has 1 atom stereocenters. The second-order valence-corrected chi connectivity index (χ2v) is 5.16. The monoisotopic (exact) mass is 333 g/mol. The molecule has 0 saturated heterocycles. The first kappa shape index (κ1) is 16.6. The van der Waals surface area contributed by atoms with Gasteiger partial charge in [0.15, 0.2) is 6.10 Å². The Hall–Kier alpha value is -2.73. The van der Waals surface area contributed by atoms with Crippen LogP contribution in [-0.4, -0.2) is 22.8 Å². The Morgan fingerprint density at radius 2 is 1.78 bits per heavy atom. The molecule has 2 aromatic rings. The van der Waals surface area contributed by atoms with Crippen LogP contribution in [-0.2, 0) is 4.74 Å². The topological polar surface area (TPSA) is 86.5 Å². The Morgan fingerprint density at radius 1 is 1.13 bits per heavy atom. The van der Waals surface area contributed by atoms with Crippen molar-refractivity contribution in [2.45, 2.75) is 13.0 Å². The highest BCUT2D eigenvalue weighted by Gasteiger charge is 2.21. The summed E-state index contributed by atoms with van der Waals surface area (Å²) >= 11 is 5.75. The molecule has 0 radical (unpaired) electrons. The van der Waals surface area contributed by atoms with Crippen LogP contribution in [0.25, 0.3) is 0 Å². The standard InChI is InChI=1S/C16H12ClNO5/c1-10(15(19)11-5-7-13(17)8-6-11)23-16(20)12-3-2-4-14(9-12)18(21)22/h2-10H,1H3/t10-/m0/s1. The minimum atomic E-state index is -1.03. The van der Waals surface area contributed by atoms with Crippen molar-refractivity contribution in [1.29, 1.82) is 0 Å². The SMILES string of the molecule is C[C@H](OC(=O)c1cccc([N+](=O)[O-])c1)C(=O)c1ccc(Cl)cc1. The number of rotatable bonds is 5. The molecule has 2 aromatic carbocycles. The van der Waals surface area contributed by atoms with Gasteiger partial charge in [0.2, 0.25) is 5.78 Å². The van der Waals surface area contributed by atoms with Crippen LogP contribution in [0.4, 0.5) is 5.69 Å². The van der Waals surface area contributed by atoms with E-state index in [9.17, 15) is 19.7 Å². The maximum Gasteiger partial charge on any atom is 0.339 e. The van der Waals surface area contributed by atoms with Crippen molar-refractivity contribution < 1.29 is 19.2 Å². The highest BCUT2D eigenvalue weighted by atomic mass is 35.5. The Balaban J connectivity index is 2.10. The van der Waals surface area contributed by atoms with Crippen LogP contribution < -0.4 is 0 Å². The molecule has 0 spiro atoms. The van der Waals surface area contributed by atoms with Gasteiger partial charge in [-0.2, -0.15) is 0 Å². The Labute approximate surface area is 136 Å². The highest BCUT2D eigenvalue weighted by molar-refractivity contribution is 6.30. The van der Waals surface area contributed by atoms with Gasteiger partial charge >= 0.3 is 5.97 Å². The second-order valence-electron chi connectivity index (χ2n) is 4.73. The van der Waals surface area contributed by atoms with Crippen LogP contribution in [0.15, 0.2) is 48.5 Å². The van der Waals surface area contributed by atoms with Crippen LogP contribution in [0.5, 0.6) is 0 Å². The molecule has 2 rings (SSSR count). The summed E-state index contributed by atoms with van der Waals surface area (Å²) in [6.45, 7) is 1.44. The van der Waals surface area contributed by atoms with Crippen molar-refractivity contribution in [3.63, 3.8) is 0 Å². The van der Waals surface area contributed by atoms with Crippen LogP contribution in [0, 0.1) is 10.1 Å². The number of Topliss-reactive ketones (excluding diaryl/α,β-unsaturated/α-hetero) is 1. The summed E-state index contributed by atoms with van der Waals surface area (Å²) < 4.78 is 5.07. The fourth-order valence-electron chi connectivity index (χ4n) is 1.88. The zero-order chi connectivity index (χ0) is 17.0. The molecule has 7 heteroatoms. The molecule has 0 bridgehead atoms. The molecular formula is C16H12ClNO5. The number of nitrogens with zero attached hydrogens (tertiary/aromatic N) is 1. The first-order chi connectivity index (χ1) is 10.9. The molecule has 0 unspecified atom stereocenters. The second kappa shape index (κ2) is 7.02. The Bertz CT molecular complexity index is 757. The molecule has 6 nitrogen and oxygen atoms in total. The molecular weight excluding hydrogens is 322 g/mol. The van der Waals surface area contributed by atoms with E-state index in [1.807, 2.05) is 0 Å². The van der Waals surface area contributed by atoms with Crippen molar-refractivity contribution >= 4 is 29.0 Å². The lowest BCUT2D eigenvalue weighted by molar-refractivity contribution is -0.384. The van der Waals surface area contributed by atoms with Crippen molar-refractivity contribution in [3.8, 4) is 0 Å². The minimum Gasteiger partial charge on any atom is -0.451 e. The maximum absolute atomic E-state index is 12.2. The van der Waals surface area contributed by atoms with E-state index in [1.54, 1.807) is 12.1 Å². The van der Waals surface area contributed by atoms with Crippen molar-refractivity contribution in [2.75, 3.05) is 0 Å². The number of carbonyl (C=O) groups excluding carboxylic acids is 2. The summed E-state index contributed by atoms with van der Waals surface area (Å²) in [6, 6.07) is 11.3. The van der Waals surface area contributed by atoms with Crippen molar-refractivity contribution in [1.82, 2.24) is 0 Å². The van der Waals surface area contributed by atoms with E-state index >= 15 is 0 Å². The summed E-state index contributed by atoms with van der Waals surface area (Å²) in [6.07, 6.45) is -1.03. The molecule has 0 aliphatic carbocycles.